The topological polar surface area (TPSA) is 35.6 Å². The summed E-state index contributed by atoms with van der Waals surface area (Å²) in [5.41, 5.74) is 0. The molecule has 21 heavy (non-hydrogen) atoms. The molecule has 0 radical (unpaired) electrons. The van der Waals surface area contributed by atoms with Crippen LogP contribution in [0.1, 0.15) is 46.0 Å². The Kier molecular flexibility index (Phi) is 6.06. The van der Waals surface area contributed by atoms with Gasteiger partial charge < -0.3 is 15.1 Å². The van der Waals surface area contributed by atoms with Crippen molar-refractivity contribution in [2.75, 3.05) is 33.7 Å². The first-order valence-corrected chi connectivity index (χ1v) is 8.65. The van der Waals surface area contributed by atoms with Crippen LogP contribution in [0, 0.1) is 11.8 Å². The molecule has 0 spiro atoms. The minimum atomic E-state index is 0.342. The van der Waals surface area contributed by atoms with Crippen LogP contribution >= 0.6 is 0 Å². The van der Waals surface area contributed by atoms with Gasteiger partial charge in [-0.1, -0.05) is 6.92 Å². The molecule has 2 aliphatic rings. The zero-order chi connectivity index (χ0) is 15.4. The van der Waals surface area contributed by atoms with Gasteiger partial charge in [0.1, 0.15) is 0 Å². The predicted octanol–water partition coefficient (Wildman–Crippen LogP) is 1.95. The number of nitrogens with one attached hydrogen (secondary N) is 1. The van der Waals surface area contributed by atoms with Gasteiger partial charge in [-0.15, -0.1) is 0 Å². The van der Waals surface area contributed by atoms with E-state index in [1.807, 2.05) is 11.9 Å². The van der Waals surface area contributed by atoms with Crippen molar-refractivity contribution < 1.29 is 4.79 Å². The summed E-state index contributed by atoms with van der Waals surface area (Å²) >= 11 is 0. The molecular formula is C17H33N3O. The van der Waals surface area contributed by atoms with E-state index in [1.54, 1.807) is 0 Å². The van der Waals surface area contributed by atoms with E-state index in [0.29, 0.717) is 36.2 Å². The number of amides is 1. The lowest BCUT2D eigenvalue weighted by Crippen LogP contribution is -2.48. The molecule has 2 rings (SSSR count). The Morgan fingerprint density at radius 2 is 2.19 bits per heavy atom. The minimum absolute atomic E-state index is 0.342. The second-order valence-corrected chi connectivity index (χ2v) is 7.30. The molecule has 4 heteroatoms. The molecule has 0 aliphatic carbocycles. The molecule has 2 heterocycles. The van der Waals surface area contributed by atoms with Crippen LogP contribution in [0.15, 0.2) is 0 Å². The zero-order valence-corrected chi connectivity index (χ0v) is 14.3. The summed E-state index contributed by atoms with van der Waals surface area (Å²) in [7, 11) is 4.19. The molecule has 4 unspecified atom stereocenters. The van der Waals surface area contributed by atoms with Gasteiger partial charge in [-0.2, -0.15) is 0 Å². The first-order valence-electron chi connectivity index (χ1n) is 8.65. The van der Waals surface area contributed by atoms with E-state index in [2.05, 4.69) is 31.1 Å². The van der Waals surface area contributed by atoms with E-state index in [0.717, 1.165) is 32.5 Å². The Bertz CT molecular complexity index is 341. The number of likely N-dealkylation sites (tertiary alicyclic amines) is 1. The highest BCUT2D eigenvalue weighted by atomic mass is 16.2. The first kappa shape index (κ1) is 16.8. The highest BCUT2D eigenvalue weighted by Gasteiger charge is 2.29. The summed E-state index contributed by atoms with van der Waals surface area (Å²) in [6.07, 6.45) is 5.46. The number of hydrogen-bond acceptors (Lipinski definition) is 3. The Hall–Kier alpha value is -0.610. The summed E-state index contributed by atoms with van der Waals surface area (Å²) in [5, 5.41) is 3.46. The fraction of sp³-hybridized carbons (Fsp3) is 0.941. The molecule has 1 amide bonds. The highest BCUT2D eigenvalue weighted by Crippen LogP contribution is 2.25. The number of hydrogen-bond donors (Lipinski definition) is 1. The maximum absolute atomic E-state index is 12.6. The van der Waals surface area contributed by atoms with Crippen LogP contribution in [0.25, 0.3) is 0 Å². The number of carbonyl (C=O) groups excluding carboxylic acids is 1. The summed E-state index contributed by atoms with van der Waals surface area (Å²) in [6, 6.07) is 1.01. The van der Waals surface area contributed by atoms with E-state index in [1.165, 1.54) is 12.8 Å². The number of rotatable bonds is 4. The molecule has 2 aliphatic heterocycles. The maximum Gasteiger partial charge on any atom is 0.222 e. The lowest BCUT2D eigenvalue weighted by atomic mass is 9.85. The monoisotopic (exact) mass is 295 g/mol. The molecule has 122 valence electrons. The van der Waals surface area contributed by atoms with Crippen LogP contribution in [0.4, 0.5) is 0 Å². The van der Waals surface area contributed by atoms with Crippen LogP contribution < -0.4 is 5.32 Å². The number of nitrogens with zero attached hydrogens (tertiary/aromatic N) is 2. The molecule has 0 saturated carbocycles. The van der Waals surface area contributed by atoms with Crippen LogP contribution in [0.3, 0.4) is 0 Å². The first-order chi connectivity index (χ1) is 9.99. The number of piperidine rings is 2. The van der Waals surface area contributed by atoms with Gasteiger partial charge >= 0.3 is 0 Å². The fourth-order valence-electron chi connectivity index (χ4n) is 3.77. The predicted molar refractivity (Wildman–Crippen MR) is 87.3 cm³/mol. The van der Waals surface area contributed by atoms with Gasteiger partial charge in [-0.3, -0.25) is 4.79 Å². The van der Waals surface area contributed by atoms with Gasteiger partial charge in [0.25, 0.3) is 0 Å². The Morgan fingerprint density at radius 3 is 2.81 bits per heavy atom. The van der Waals surface area contributed by atoms with Crippen molar-refractivity contribution in [3.8, 4) is 0 Å². The van der Waals surface area contributed by atoms with Crippen molar-refractivity contribution in [3.05, 3.63) is 0 Å². The third-order valence-corrected chi connectivity index (χ3v) is 5.76. The molecule has 0 aromatic rings. The second-order valence-electron chi connectivity index (χ2n) is 7.30. The molecule has 4 atom stereocenters. The third kappa shape index (κ3) is 4.43. The quantitative estimate of drug-likeness (QED) is 0.861. The molecule has 0 aromatic heterocycles. The minimum Gasteiger partial charge on any atom is -0.343 e. The van der Waals surface area contributed by atoms with Gasteiger partial charge in [0, 0.05) is 32.1 Å². The Morgan fingerprint density at radius 1 is 1.43 bits per heavy atom. The lowest BCUT2D eigenvalue weighted by molar-refractivity contribution is -0.134. The molecule has 4 nitrogen and oxygen atoms in total. The fourth-order valence-corrected chi connectivity index (χ4v) is 3.77. The molecule has 2 saturated heterocycles. The van der Waals surface area contributed by atoms with E-state index in [-0.39, 0.29) is 0 Å². The van der Waals surface area contributed by atoms with Crippen molar-refractivity contribution in [3.63, 3.8) is 0 Å². The van der Waals surface area contributed by atoms with E-state index in [9.17, 15) is 4.79 Å². The zero-order valence-electron chi connectivity index (χ0n) is 14.3. The summed E-state index contributed by atoms with van der Waals surface area (Å²) < 4.78 is 0. The summed E-state index contributed by atoms with van der Waals surface area (Å²) in [4.78, 5) is 17.0. The van der Waals surface area contributed by atoms with Gasteiger partial charge in [-0.25, -0.2) is 0 Å². The van der Waals surface area contributed by atoms with E-state index < -0.39 is 0 Å². The van der Waals surface area contributed by atoms with Crippen LogP contribution in [-0.4, -0.2) is 61.5 Å². The largest absolute Gasteiger partial charge is 0.343 e. The van der Waals surface area contributed by atoms with Crippen LogP contribution in [-0.2, 0) is 4.79 Å². The third-order valence-electron chi connectivity index (χ3n) is 5.76. The maximum atomic E-state index is 12.6. The average molecular weight is 295 g/mol. The molecule has 1 N–H and O–H groups in total. The van der Waals surface area contributed by atoms with E-state index in [4.69, 9.17) is 0 Å². The normalized spacial score (nSPS) is 32.7. The van der Waals surface area contributed by atoms with Crippen molar-refractivity contribution in [2.45, 2.75) is 58.0 Å². The molecule has 0 bridgehead atoms. The smallest absolute Gasteiger partial charge is 0.222 e. The average Bonchev–Trinajstić information content (AvgIpc) is 2.50. The Balaban J connectivity index is 1.81. The SMILES string of the molecule is CC(CC(=O)N(C)C1CCN(C)C(C)C1)C1CCCNC1. The van der Waals surface area contributed by atoms with Gasteiger partial charge in [0.15, 0.2) is 0 Å². The second kappa shape index (κ2) is 7.59. The van der Waals surface area contributed by atoms with Crippen molar-refractivity contribution in [1.82, 2.24) is 15.1 Å². The molecule has 2 fully saturated rings. The lowest BCUT2D eigenvalue weighted by Gasteiger charge is -2.40. The number of carbonyl (C=O) groups is 1. The summed E-state index contributed by atoms with van der Waals surface area (Å²) in [6.45, 7) is 7.85. The molecule has 0 aromatic carbocycles. The van der Waals surface area contributed by atoms with Crippen molar-refractivity contribution >= 4 is 5.91 Å². The highest BCUT2D eigenvalue weighted by molar-refractivity contribution is 5.76. The van der Waals surface area contributed by atoms with Crippen LogP contribution in [0.2, 0.25) is 0 Å². The van der Waals surface area contributed by atoms with Gasteiger partial charge in [-0.05, 0) is 64.6 Å². The van der Waals surface area contributed by atoms with Gasteiger partial charge in [0.05, 0.1) is 0 Å². The summed E-state index contributed by atoms with van der Waals surface area (Å²) in [5.74, 6) is 1.51. The van der Waals surface area contributed by atoms with Crippen LogP contribution in [0.5, 0.6) is 0 Å². The standard InChI is InChI=1S/C17H33N3O/c1-13(15-6-5-8-18-12-15)10-17(21)20(4)16-7-9-19(3)14(2)11-16/h13-16,18H,5-12H2,1-4H3. The van der Waals surface area contributed by atoms with E-state index >= 15 is 0 Å². The van der Waals surface area contributed by atoms with Gasteiger partial charge in [0.2, 0.25) is 5.91 Å². The van der Waals surface area contributed by atoms with Crippen molar-refractivity contribution in [2.24, 2.45) is 11.8 Å². The van der Waals surface area contributed by atoms with Crippen molar-refractivity contribution in [1.29, 1.82) is 0 Å². The molecular weight excluding hydrogens is 262 g/mol. The Labute approximate surface area is 130 Å².